The lowest BCUT2D eigenvalue weighted by molar-refractivity contribution is -0.139. The highest BCUT2D eigenvalue weighted by Gasteiger charge is 2.59. The lowest BCUT2D eigenvalue weighted by Gasteiger charge is -2.52. The van der Waals surface area contributed by atoms with Gasteiger partial charge in [0, 0.05) is 28.9 Å². The molecule has 9 heteroatoms. The number of benzene rings is 1. The van der Waals surface area contributed by atoms with Gasteiger partial charge in [0.25, 0.3) is 0 Å². The summed E-state index contributed by atoms with van der Waals surface area (Å²) in [7, 11) is 1.43. The molecule has 0 bridgehead atoms. The Morgan fingerprint density at radius 1 is 1.16 bits per heavy atom. The van der Waals surface area contributed by atoms with Gasteiger partial charge in [0.15, 0.2) is 11.6 Å². The highest BCUT2D eigenvalue weighted by molar-refractivity contribution is 9.10. The number of carbonyl (C=O) groups excluding carboxylic acids is 2. The van der Waals surface area contributed by atoms with Crippen molar-refractivity contribution in [3.63, 3.8) is 0 Å². The summed E-state index contributed by atoms with van der Waals surface area (Å²) in [5.74, 6) is -1.64. The van der Waals surface area contributed by atoms with Gasteiger partial charge in [-0.1, -0.05) is 28.9 Å². The topological polar surface area (TPSA) is 103 Å². The Balaban J connectivity index is 1.82. The van der Waals surface area contributed by atoms with Crippen LogP contribution in [-0.4, -0.2) is 30.6 Å². The van der Waals surface area contributed by atoms with E-state index in [1.54, 1.807) is 32.0 Å². The highest BCUT2D eigenvalue weighted by Crippen LogP contribution is 2.60. The maximum Gasteiger partial charge on any atom is 0.347 e. The van der Waals surface area contributed by atoms with Crippen molar-refractivity contribution in [2.45, 2.75) is 38.8 Å². The van der Waals surface area contributed by atoms with Gasteiger partial charge in [-0.3, -0.25) is 9.59 Å². The molecule has 1 aromatic heterocycles. The summed E-state index contributed by atoms with van der Waals surface area (Å²) in [6.07, 6.45) is 3.49. The summed E-state index contributed by atoms with van der Waals surface area (Å²) < 4.78 is 4.55. The molecule has 1 aromatic carbocycles. The number of phenols is 1. The summed E-state index contributed by atoms with van der Waals surface area (Å²) in [6.45, 7) is 3.57. The van der Waals surface area contributed by atoms with Crippen LogP contribution in [0, 0.1) is 11.3 Å². The first-order valence-electron chi connectivity index (χ1n) is 10.4. The maximum absolute atomic E-state index is 13.5. The van der Waals surface area contributed by atoms with E-state index in [0.717, 1.165) is 14.6 Å². The van der Waals surface area contributed by atoms with E-state index in [0.29, 0.717) is 11.1 Å². The van der Waals surface area contributed by atoms with Crippen LogP contribution in [0.1, 0.15) is 37.8 Å². The molecular weight excluding hydrogens is 478 g/mol. The molecule has 0 amide bonds. The molecule has 2 aliphatic carbocycles. The fourth-order valence-corrected chi connectivity index (χ4v) is 6.13. The maximum atomic E-state index is 13.5. The summed E-state index contributed by atoms with van der Waals surface area (Å²) in [5, 5.41) is 10.8. The predicted molar refractivity (Wildman–Crippen MR) is 120 cm³/mol. The zero-order valence-corrected chi connectivity index (χ0v) is 19.4. The number of allylic oxidation sites excluding steroid dienone is 4. The molecule has 0 saturated heterocycles. The van der Waals surface area contributed by atoms with Crippen LogP contribution >= 0.6 is 15.9 Å². The molecule has 2 aromatic rings. The Morgan fingerprint density at radius 3 is 2.59 bits per heavy atom. The van der Waals surface area contributed by atoms with Crippen molar-refractivity contribution in [1.82, 2.24) is 13.9 Å². The van der Waals surface area contributed by atoms with E-state index >= 15 is 0 Å². The molecule has 8 nitrogen and oxygen atoms in total. The molecule has 5 rings (SSSR count). The van der Waals surface area contributed by atoms with Crippen LogP contribution in [0.25, 0.3) is 0 Å². The average molecular weight is 500 g/mol. The third kappa shape index (κ3) is 2.54. The first-order chi connectivity index (χ1) is 15.1. The number of ketones is 2. The molecule has 1 N–H and O–H groups in total. The quantitative estimate of drug-likeness (QED) is 0.605. The molecule has 166 valence electrons. The second-order valence-corrected chi connectivity index (χ2v) is 9.95. The lowest BCUT2D eigenvalue weighted by atomic mass is 9.51. The number of Topliss-reactive ketones (excluding diaryl/α,β-unsaturated/α-hetero) is 1. The van der Waals surface area contributed by atoms with E-state index in [1.807, 2.05) is 6.08 Å². The van der Waals surface area contributed by atoms with Crippen LogP contribution in [0.15, 0.2) is 55.6 Å². The average Bonchev–Trinajstić information content (AvgIpc) is 2.97. The number of hydrogen-bond acceptors (Lipinski definition) is 5. The first-order valence-corrected chi connectivity index (χ1v) is 11.2. The summed E-state index contributed by atoms with van der Waals surface area (Å²) in [4.78, 5) is 52.3. The molecule has 1 fully saturated rings. The van der Waals surface area contributed by atoms with Gasteiger partial charge >= 0.3 is 11.4 Å². The Labute approximate surface area is 191 Å². The molecular formula is C23H22BrN3O5. The Hall–Kier alpha value is -2.94. The van der Waals surface area contributed by atoms with E-state index < -0.39 is 34.7 Å². The van der Waals surface area contributed by atoms with Gasteiger partial charge in [-0.15, -0.1) is 0 Å². The molecule has 3 aliphatic rings. The van der Waals surface area contributed by atoms with Crippen LogP contribution < -0.4 is 11.4 Å². The van der Waals surface area contributed by atoms with Gasteiger partial charge in [-0.05, 0) is 48.8 Å². The van der Waals surface area contributed by atoms with Gasteiger partial charge in [0.05, 0.1) is 18.0 Å². The van der Waals surface area contributed by atoms with Crippen molar-refractivity contribution in [3.8, 4) is 5.75 Å². The van der Waals surface area contributed by atoms with E-state index in [1.165, 1.54) is 22.5 Å². The fourth-order valence-electron chi connectivity index (χ4n) is 5.75. The molecule has 2 heterocycles. The largest absolute Gasteiger partial charge is 0.508 e. The Bertz CT molecular complexity index is 1390. The minimum absolute atomic E-state index is 0.00891. The van der Waals surface area contributed by atoms with Gasteiger partial charge < -0.3 is 5.11 Å². The number of aromatic nitrogens is 3. The third-order valence-corrected chi connectivity index (χ3v) is 7.92. The van der Waals surface area contributed by atoms with Crippen molar-refractivity contribution >= 4 is 27.5 Å². The van der Waals surface area contributed by atoms with E-state index in [2.05, 4.69) is 15.9 Å². The minimum atomic E-state index is -1.13. The van der Waals surface area contributed by atoms with Crippen molar-refractivity contribution < 1.29 is 14.7 Å². The number of nitrogens with zero attached hydrogens (tertiary/aromatic N) is 3. The fraction of sp³-hybridized carbons (Fsp3) is 0.391. The van der Waals surface area contributed by atoms with Crippen molar-refractivity contribution in [3.05, 3.63) is 72.5 Å². The van der Waals surface area contributed by atoms with Crippen LogP contribution in [0.3, 0.4) is 0 Å². The van der Waals surface area contributed by atoms with E-state index in [-0.39, 0.29) is 30.3 Å². The number of hydrogen-bond donors (Lipinski definition) is 1. The summed E-state index contributed by atoms with van der Waals surface area (Å²) in [6, 6.07) is 4.43. The highest BCUT2D eigenvalue weighted by atomic mass is 79.9. The standard InChI is InChI=1S/C23H22BrN3O5/c1-11-8-18(29)23(2)15(20(11)30)10-16-13(19(23)14-9-12(24)4-5-17(14)28)6-7-26-21(31)25(3)22(32)27(16)26/h4-6,8-9,15-16,19,28H,7,10H2,1-3H3/t15-,16+,19+,23-/m0/s1. The molecule has 1 aliphatic heterocycles. The SMILES string of the molecule is CC1=CC(=O)[C@@]2(C)[C@@H](c3cc(Br)ccc3O)C3=CCn4c(=O)n(C)c(=O)n4[C@@H]3C[C@H]2C1=O. The zero-order chi connectivity index (χ0) is 23.1. The molecule has 32 heavy (non-hydrogen) atoms. The third-order valence-electron chi connectivity index (χ3n) is 7.43. The second kappa shape index (κ2) is 6.78. The predicted octanol–water partition coefficient (Wildman–Crippen LogP) is 2.21. The zero-order valence-electron chi connectivity index (χ0n) is 17.8. The van der Waals surface area contributed by atoms with Crippen LogP contribution in [0.5, 0.6) is 5.75 Å². The Morgan fingerprint density at radius 2 is 1.88 bits per heavy atom. The number of fused-ring (bicyclic) bond motifs is 4. The number of phenolic OH excluding ortho intramolecular Hbond substituents is 1. The molecule has 1 saturated carbocycles. The smallest absolute Gasteiger partial charge is 0.347 e. The number of carbonyl (C=O) groups is 2. The molecule has 4 atom stereocenters. The number of rotatable bonds is 1. The lowest BCUT2D eigenvalue weighted by Crippen LogP contribution is -2.54. The number of aromatic hydroxyl groups is 1. The molecule has 0 unspecified atom stereocenters. The number of halogens is 1. The van der Waals surface area contributed by atoms with Crippen molar-refractivity contribution in [2.75, 3.05) is 0 Å². The van der Waals surface area contributed by atoms with Gasteiger partial charge in [-0.2, -0.15) is 0 Å². The first kappa shape index (κ1) is 20.9. The van der Waals surface area contributed by atoms with Crippen LogP contribution in [-0.2, 0) is 23.2 Å². The molecule has 0 radical (unpaired) electrons. The normalized spacial score (nSPS) is 29.1. The van der Waals surface area contributed by atoms with E-state index in [4.69, 9.17) is 0 Å². The van der Waals surface area contributed by atoms with E-state index in [9.17, 15) is 24.3 Å². The summed E-state index contributed by atoms with van der Waals surface area (Å²) in [5.41, 5.74) is -0.361. The minimum Gasteiger partial charge on any atom is -0.508 e. The summed E-state index contributed by atoms with van der Waals surface area (Å²) >= 11 is 3.45. The van der Waals surface area contributed by atoms with Gasteiger partial charge in [0.2, 0.25) is 0 Å². The monoisotopic (exact) mass is 499 g/mol. The van der Waals surface area contributed by atoms with Crippen LogP contribution in [0.4, 0.5) is 0 Å². The van der Waals surface area contributed by atoms with Gasteiger partial charge in [-0.25, -0.2) is 23.5 Å². The second-order valence-electron chi connectivity index (χ2n) is 9.03. The Kier molecular flexibility index (Phi) is 4.43. The van der Waals surface area contributed by atoms with Crippen molar-refractivity contribution in [2.24, 2.45) is 18.4 Å². The van der Waals surface area contributed by atoms with Crippen LogP contribution in [0.2, 0.25) is 0 Å². The van der Waals surface area contributed by atoms with Gasteiger partial charge in [0.1, 0.15) is 5.75 Å². The molecule has 0 spiro atoms. The van der Waals surface area contributed by atoms with Crippen molar-refractivity contribution in [1.29, 1.82) is 0 Å².